The topological polar surface area (TPSA) is 9.23 Å². The molecule has 1 unspecified atom stereocenters. The van der Waals surface area contributed by atoms with Gasteiger partial charge in [-0.15, -0.1) is 0 Å². The summed E-state index contributed by atoms with van der Waals surface area (Å²) in [5.74, 6) is 0. The number of allylic oxidation sites excluding steroid dienone is 1. The molecule has 0 spiro atoms. The molecular weight excluding hydrogens is 124 g/mol. The fourth-order valence-corrected chi connectivity index (χ4v) is 1.11. The molecule has 0 aromatic heterocycles. The third-order valence-electron chi connectivity index (χ3n) is 1.51. The summed E-state index contributed by atoms with van der Waals surface area (Å²) in [5, 5.41) is 0. The third kappa shape index (κ3) is 1.99. The summed E-state index contributed by atoms with van der Waals surface area (Å²) in [7, 11) is 0. The van der Waals surface area contributed by atoms with E-state index in [0.29, 0.717) is 6.10 Å². The zero-order chi connectivity index (χ0) is 7.56. The molecular formula is C9H14O. The lowest BCUT2D eigenvalue weighted by Gasteiger charge is -2.01. The molecule has 1 aliphatic heterocycles. The van der Waals surface area contributed by atoms with Gasteiger partial charge in [0.1, 0.15) is 0 Å². The first kappa shape index (κ1) is 7.55. The van der Waals surface area contributed by atoms with Gasteiger partial charge in [0.15, 0.2) is 0 Å². The molecule has 0 aliphatic carbocycles. The van der Waals surface area contributed by atoms with Crippen molar-refractivity contribution in [2.75, 3.05) is 6.61 Å². The highest BCUT2D eigenvalue weighted by Crippen LogP contribution is 2.18. The van der Waals surface area contributed by atoms with E-state index in [1.165, 1.54) is 11.1 Å². The van der Waals surface area contributed by atoms with Crippen LogP contribution in [-0.2, 0) is 4.74 Å². The molecule has 10 heavy (non-hydrogen) atoms. The normalized spacial score (nSPS) is 25.0. The van der Waals surface area contributed by atoms with E-state index in [1.54, 1.807) is 0 Å². The molecule has 0 N–H and O–H groups in total. The molecule has 0 aromatic carbocycles. The Hall–Kier alpha value is -0.560. The molecule has 1 saturated heterocycles. The van der Waals surface area contributed by atoms with E-state index >= 15 is 0 Å². The van der Waals surface area contributed by atoms with Crippen LogP contribution < -0.4 is 0 Å². The Balaban J connectivity index is 2.46. The molecule has 0 amide bonds. The molecule has 1 nitrogen and oxygen atoms in total. The van der Waals surface area contributed by atoms with E-state index in [9.17, 15) is 0 Å². The second-order valence-electron chi connectivity index (χ2n) is 3.05. The largest absolute Gasteiger partial charge is 0.369 e. The fraction of sp³-hybridized carbons (Fsp3) is 0.556. The molecule has 0 bridgehead atoms. The summed E-state index contributed by atoms with van der Waals surface area (Å²) in [6.45, 7) is 8.78. The van der Waals surface area contributed by atoms with E-state index in [1.807, 2.05) is 0 Å². The molecule has 1 aliphatic rings. The van der Waals surface area contributed by atoms with Crippen LogP contribution in [0, 0.1) is 0 Å². The van der Waals surface area contributed by atoms with E-state index in [0.717, 1.165) is 13.0 Å². The molecule has 1 rings (SSSR count). The second-order valence-corrected chi connectivity index (χ2v) is 3.05. The smallest absolute Gasteiger partial charge is 0.0800 e. The summed E-state index contributed by atoms with van der Waals surface area (Å²) in [6, 6.07) is 0. The summed E-state index contributed by atoms with van der Waals surface area (Å²) in [6.07, 6.45) is 3.46. The number of rotatable bonds is 1. The maximum Gasteiger partial charge on any atom is 0.0800 e. The molecule has 1 heterocycles. The minimum atomic E-state index is 0.303. The van der Waals surface area contributed by atoms with Gasteiger partial charge in [-0.25, -0.2) is 0 Å². The maximum atomic E-state index is 5.40. The molecule has 0 aromatic rings. The summed E-state index contributed by atoms with van der Waals surface area (Å²) < 4.78 is 5.40. The summed E-state index contributed by atoms with van der Waals surface area (Å²) in [5.41, 5.74) is 2.53. The Morgan fingerprint density at radius 1 is 1.70 bits per heavy atom. The van der Waals surface area contributed by atoms with Gasteiger partial charge in [0.05, 0.1) is 12.7 Å². The minimum absolute atomic E-state index is 0.303. The Bertz CT molecular complexity index is 164. The maximum absolute atomic E-state index is 5.40. The first-order chi connectivity index (χ1) is 4.68. The van der Waals surface area contributed by atoms with Crippen LogP contribution in [0.3, 0.4) is 0 Å². The van der Waals surface area contributed by atoms with Gasteiger partial charge in [-0.05, 0) is 19.4 Å². The molecule has 0 saturated carbocycles. The monoisotopic (exact) mass is 138 g/mol. The molecule has 1 heteroatoms. The van der Waals surface area contributed by atoms with Gasteiger partial charge in [0.25, 0.3) is 0 Å². The first-order valence-corrected chi connectivity index (χ1v) is 3.62. The van der Waals surface area contributed by atoms with Crippen molar-refractivity contribution in [1.82, 2.24) is 0 Å². The molecule has 0 radical (unpaired) electrons. The van der Waals surface area contributed by atoms with Gasteiger partial charge < -0.3 is 4.74 Å². The predicted octanol–water partition coefficient (Wildman–Crippen LogP) is 2.30. The van der Waals surface area contributed by atoms with Crippen LogP contribution in [0.5, 0.6) is 0 Å². The Morgan fingerprint density at radius 3 is 2.80 bits per heavy atom. The van der Waals surface area contributed by atoms with Crippen molar-refractivity contribution in [2.45, 2.75) is 26.4 Å². The SMILES string of the molecule is C=C1COC(C=C(C)C)C1. The van der Waals surface area contributed by atoms with Crippen LogP contribution in [0.1, 0.15) is 20.3 Å². The third-order valence-corrected chi connectivity index (χ3v) is 1.51. The van der Waals surface area contributed by atoms with Crippen molar-refractivity contribution in [3.8, 4) is 0 Å². The predicted molar refractivity (Wildman–Crippen MR) is 42.9 cm³/mol. The van der Waals surface area contributed by atoms with Crippen molar-refractivity contribution in [2.24, 2.45) is 0 Å². The van der Waals surface area contributed by atoms with Crippen LogP contribution in [-0.4, -0.2) is 12.7 Å². The van der Waals surface area contributed by atoms with Gasteiger partial charge in [0.2, 0.25) is 0 Å². The van der Waals surface area contributed by atoms with E-state index in [-0.39, 0.29) is 0 Å². The number of ether oxygens (including phenoxy) is 1. The van der Waals surface area contributed by atoms with E-state index < -0.39 is 0 Å². The van der Waals surface area contributed by atoms with Gasteiger partial charge in [0, 0.05) is 6.42 Å². The molecule has 1 fully saturated rings. The lowest BCUT2D eigenvalue weighted by atomic mass is 10.1. The zero-order valence-electron chi connectivity index (χ0n) is 6.68. The number of hydrogen-bond acceptors (Lipinski definition) is 1. The van der Waals surface area contributed by atoms with Crippen molar-refractivity contribution in [3.05, 3.63) is 23.8 Å². The van der Waals surface area contributed by atoms with Crippen molar-refractivity contribution in [3.63, 3.8) is 0 Å². The first-order valence-electron chi connectivity index (χ1n) is 3.62. The van der Waals surface area contributed by atoms with Gasteiger partial charge >= 0.3 is 0 Å². The lowest BCUT2D eigenvalue weighted by Crippen LogP contribution is -1.99. The van der Waals surface area contributed by atoms with Crippen molar-refractivity contribution < 1.29 is 4.74 Å². The van der Waals surface area contributed by atoms with Crippen LogP contribution >= 0.6 is 0 Å². The minimum Gasteiger partial charge on any atom is -0.369 e. The fourth-order valence-electron chi connectivity index (χ4n) is 1.11. The highest BCUT2D eigenvalue weighted by molar-refractivity contribution is 5.10. The summed E-state index contributed by atoms with van der Waals surface area (Å²) >= 11 is 0. The Morgan fingerprint density at radius 2 is 2.40 bits per heavy atom. The van der Waals surface area contributed by atoms with Crippen LogP contribution in [0.2, 0.25) is 0 Å². The highest BCUT2D eigenvalue weighted by Gasteiger charge is 2.15. The second kappa shape index (κ2) is 3.02. The highest BCUT2D eigenvalue weighted by atomic mass is 16.5. The van der Waals surface area contributed by atoms with E-state index in [2.05, 4.69) is 26.5 Å². The van der Waals surface area contributed by atoms with Crippen LogP contribution in [0.15, 0.2) is 23.8 Å². The van der Waals surface area contributed by atoms with Gasteiger partial charge in [-0.1, -0.05) is 18.2 Å². The molecule has 56 valence electrons. The van der Waals surface area contributed by atoms with Crippen LogP contribution in [0.4, 0.5) is 0 Å². The quantitative estimate of drug-likeness (QED) is 0.505. The van der Waals surface area contributed by atoms with Crippen molar-refractivity contribution >= 4 is 0 Å². The average molecular weight is 138 g/mol. The van der Waals surface area contributed by atoms with Crippen molar-refractivity contribution in [1.29, 1.82) is 0 Å². The molecule has 1 atom stereocenters. The van der Waals surface area contributed by atoms with Gasteiger partial charge in [-0.2, -0.15) is 0 Å². The lowest BCUT2D eigenvalue weighted by molar-refractivity contribution is 0.149. The Labute approximate surface area is 62.4 Å². The standard InChI is InChI=1S/C9H14O/c1-7(2)4-9-5-8(3)6-10-9/h4,9H,3,5-6H2,1-2H3. The Kier molecular flexibility index (Phi) is 2.28. The average Bonchev–Trinajstić information content (AvgIpc) is 2.13. The summed E-state index contributed by atoms with van der Waals surface area (Å²) in [4.78, 5) is 0. The van der Waals surface area contributed by atoms with Crippen LogP contribution in [0.25, 0.3) is 0 Å². The zero-order valence-corrected chi connectivity index (χ0v) is 6.68. The van der Waals surface area contributed by atoms with E-state index in [4.69, 9.17) is 4.74 Å². The number of hydrogen-bond donors (Lipinski definition) is 0. The van der Waals surface area contributed by atoms with Gasteiger partial charge in [-0.3, -0.25) is 0 Å².